The van der Waals surface area contributed by atoms with E-state index in [9.17, 15) is 8.42 Å². The SMILES string of the molecule is CC(C)(C)S(=O)(=O)N1CCc2ccc(-n3ccc4cnc(Nc5ccc(N6CCNCC6)cc5)nc43)cc21. The highest BCUT2D eigenvalue weighted by molar-refractivity contribution is 7.94. The van der Waals surface area contributed by atoms with E-state index in [1.54, 1.807) is 31.3 Å². The first kappa shape index (κ1) is 24.7. The minimum atomic E-state index is -3.49. The Balaban J connectivity index is 1.28. The van der Waals surface area contributed by atoms with Crippen LogP contribution in [0.5, 0.6) is 0 Å². The smallest absolute Gasteiger partial charge is 0.240 e. The zero-order valence-corrected chi connectivity index (χ0v) is 22.8. The largest absolute Gasteiger partial charge is 0.369 e. The van der Waals surface area contributed by atoms with Crippen LogP contribution >= 0.6 is 0 Å². The molecule has 1 saturated heterocycles. The summed E-state index contributed by atoms with van der Waals surface area (Å²) in [5.74, 6) is 0.505. The summed E-state index contributed by atoms with van der Waals surface area (Å²) in [5, 5.41) is 7.61. The summed E-state index contributed by atoms with van der Waals surface area (Å²) >= 11 is 0. The molecule has 6 rings (SSSR count). The molecule has 10 heteroatoms. The number of aromatic nitrogens is 3. The topological polar surface area (TPSA) is 95.4 Å². The van der Waals surface area contributed by atoms with Crippen LogP contribution in [0.1, 0.15) is 26.3 Å². The number of sulfonamides is 1. The van der Waals surface area contributed by atoms with Crippen molar-refractivity contribution in [2.24, 2.45) is 0 Å². The first-order valence-electron chi connectivity index (χ1n) is 13.0. The standard InChI is InChI=1S/C28H33N7O2S/c1-28(2,3)38(36,37)35-15-11-20-4-7-24(18-25(20)35)34-14-10-21-19-30-27(32-26(21)34)31-22-5-8-23(9-6-22)33-16-12-29-13-17-33/h4-10,14,18-19,29H,11-13,15-17H2,1-3H3,(H,30,31,32). The van der Waals surface area contributed by atoms with E-state index in [1.165, 1.54) is 5.69 Å². The third-order valence-electron chi connectivity index (χ3n) is 7.30. The molecule has 2 aromatic heterocycles. The molecular formula is C28H33N7O2S. The summed E-state index contributed by atoms with van der Waals surface area (Å²) in [6.45, 7) is 9.71. The molecule has 0 saturated carbocycles. The fourth-order valence-corrected chi connectivity index (χ4v) is 6.48. The van der Waals surface area contributed by atoms with Gasteiger partial charge in [0.25, 0.3) is 0 Å². The average molecular weight is 532 g/mol. The second-order valence-electron chi connectivity index (χ2n) is 10.8. The maximum Gasteiger partial charge on any atom is 0.240 e. The van der Waals surface area contributed by atoms with E-state index in [1.807, 2.05) is 35.0 Å². The zero-order chi connectivity index (χ0) is 26.5. The number of nitrogens with one attached hydrogen (secondary N) is 2. The second kappa shape index (κ2) is 9.28. The number of piperazine rings is 1. The van der Waals surface area contributed by atoms with E-state index in [2.05, 4.69) is 44.8 Å². The number of nitrogens with zero attached hydrogens (tertiary/aromatic N) is 5. The lowest BCUT2D eigenvalue weighted by Gasteiger charge is -2.29. The highest BCUT2D eigenvalue weighted by atomic mass is 32.2. The predicted octanol–water partition coefficient (Wildman–Crippen LogP) is 4.06. The lowest BCUT2D eigenvalue weighted by Crippen LogP contribution is -2.43. The molecular weight excluding hydrogens is 498 g/mol. The third-order valence-corrected chi connectivity index (χ3v) is 9.80. The van der Waals surface area contributed by atoms with Gasteiger partial charge < -0.3 is 20.1 Å². The van der Waals surface area contributed by atoms with Crippen molar-refractivity contribution in [1.82, 2.24) is 19.9 Å². The van der Waals surface area contributed by atoms with Gasteiger partial charge in [0.05, 0.1) is 10.4 Å². The minimum Gasteiger partial charge on any atom is -0.369 e. The first-order chi connectivity index (χ1) is 18.2. The Morgan fingerprint density at radius 3 is 2.42 bits per heavy atom. The van der Waals surface area contributed by atoms with Gasteiger partial charge in [0, 0.05) is 67.6 Å². The van der Waals surface area contributed by atoms with Crippen LogP contribution in [0.4, 0.5) is 23.0 Å². The molecule has 1 fully saturated rings. The summed E-state index contributed by atoms with van der Waals surface area (Å²) in [7, 11) is -3.49. The van der Waals surface area contributed by atoms with E-state index in [0.29, 0.717) is 18.9 Å². The van der Waals surface area contributed by atoms with Gasteiger partial charge in [-0.2, -0.15) is 4.98 Å². The fraction of sp³-hybridized carbons (Fsp3) is 0.357. The van der Waals surface area contributed by atoms with Crippen molar-refractivity contribution in [2.75, 3.05) is 47.2 Å². The zero-order valence-electron chi connectivity index (χ0n) is 22.0. The molecule has 2 aliphatic heterocycles. The lowest BCUT2D eigenvalue weighted by atomic mass is 10.1. The van der Waals surface area contributed by atoms with Crippen molar-refractivity contribution < 1.29 is 8.42 Å². The van der Waals surface area contributed by atoms with Gasteiger partial charge in [0.2, 0.25) is 16.0 Å². The van der Waals surface area contributed by atoms with Crippen LogP contribution in [0.15, 0.2) is 60.9 Å². The Hall–Kier alpha value is -3.63. The molecule has 2 aromatic carbocycles. The quantitative estimate of drug-likeness (QED) is 0.401. The molecule has 2 aliphatic rings. The lowest BCUT2D eigenvalue weighted by molar-refractivity contribution is 0.556. The maximum absolute atomic E-state index is 13.2. The normalized spacial score (nSPS) is 16.2. The Labute approximate surface area is 223 Å². The molecule has 0 bridgehead atoms. The molecule has 38 heavy (non-hydrogen) atoms. The predicted molar refractivity (Wildman–Crippen MR) is 153 cm³/mol. The maximum atomic E-state index is 13.2. The summed E-state index contributed by atoms with van der Waals surface area (Å²) in [5.41, 5.74) is 5.53. The monoisotopic (exact) mass is 531 g/mol. The molecule has 0 aliphatic carbocycles. The first-order valence-corrected chi connectivity index (χ1v) is 14.5. The number of benzene rings is 2. The van der Waals surface area contributed by atoms with Crippen LogP contribution in [0.25, 0.3) is 16.7 Å². The van der Waals surface area contributed by atoms with Crippen LogP contribution in [-0.4, -0.2) is 60.4 Å². The fourth-order valence-electron chi connectivity index (χ4n) is 5.06. The Morgan fingerprint density at radius 2 is 1.68 bits per heavy atom. The molecule has 0 atom stereocenters. The summed E-state index contributed by atoms with van der Waals surface area (Å²) in [6.07, 6.45) is 4.46. The van der Waals surface area contributed by atoms with Gasteiger partial charge in [-0.1, -0.05) is 6.07 Å². The van der Waals surface area contributed by atoms with Gasteiger partial charge in [-0.05, 0) is 75.2 Å². The van der Waals surface area contributed by atoms with E-state index >= 15 is 0 Å². The van der Waals surface area contributed by atoms with Crippen LogP contribution in [0.2, 0.25) is 0 Å². The number of fused-ring (bicyclic) bond motifs is 2. The van der Waals surface area contributed by atoms with Crippen LogP contribution in [-0.2, 0) is 16.4 Å². The van der Waals surface area contributed by atoms with Crippen LogP contribution in [0, 0.1) is 0 Å². The molecule has 9 nitrogen and oxygen atoms in total. The van der Waals surface area contributed by atoms with Gasteiger partial charge in [-0.15, -0.1) is 0 Å². The summed E-state index contributed by atoms with van der Waals surface area (Å²) < 4.78 is 29.2. The van der Waals surface area contributed by atoms with E-state index in [0.717, 1.165) is 59.8 Å². The van der Waals surface area contributed by atoms with E-state index in [4.69, 9.17) is 4.98 Å². The summed E-state index contributed by atoms with van der Waals surface area (Å²) in [4.78, 5) is 11.7. The highest BCUT2D eigenvalue weighted by Crippen LogP contribution is 2.36. The van der Waals surface area contributed by atoms with Gasteiger partial charge in [0.15, 0.2) is 0 Å². The van der Waals surface area contributed by atoms with Gasteiger partial charge in [-0.3, -0.25) is 4.31 Å². The van der Waals surface area contributed by atoms with E-state index in [-0.39, 0.29) is 0 Å². The average Bonchev–Trinajstić information content (AvgIpc) is 3.53. The second-order valence-corrected chi connectivity index (χ2v) is 13.4. The Morgan fingerprint density at radius 1 is 0.947 bits per heavy atom. The minimum absolute atomic E-state index is 0.467. The van der Waals surface area contributed by atoms with Crippen LogP contribution in [0.3, 0.4) is 0 Å². The molecule has 198 valence electrons. The molecule has 4 aromatic rings. The molecule has 2 N–H and O–H groups in total. The molecule has 0 spiro atoms. The van der Waals surface area contributed by atoms with Gasteiger partial charge in [-0.25, -0.2) is 13.4 Å². The Kier molecular flexibility index (Phi) is 6.03. The van der Waals surface area contributed by atoms with E-state index < -0.39 is 14.8 Å². The van der Waals surface area contributed by atoms with Gasteiger partial charge >= 0.3 is 0 Å². The van der Waals surface area contributed by atoms with Crippen molar-refractivity contribution in [3.05, 3.63) is 66.5 Å². The molecule has 0 radical (unpaired) electrons. The number of hydrogen-bond acceptors (Lipinski definition) is 7. The van der Waals surface area contributed by atoms with Crippen molar-refractivity contribution in [2.45, 2.75) is 31.9 Å². The molecule has 0 unspecified atom stereocenters. The highest BCUT2D eigenvalue weighted by Gasteiger charge is 2.38. The van der Waals surface area contributed by atoms with Crippen molar-refractivity contribution in [3.8, 4) is 5.69 Å². The number of anilines is 4. The third kappa shape index (κ3) is 4.37. The number of rotatable bonds is 5. The molecule has 0 amide bonds. The van der Waals surface area contributed by atoms with Gasteiger partial charge in [0.1, 0.15) is 5.65 Å². The Bertz CT molecular complexity index is 1580. The summed E-state index contributed by atoms with van der Waals surface area (Å²) in [6, 6.07) is 16.3. The molecule has 4 heterocycles. The van der Waals surface area contributed by atoms with Crippen LogP contribution < -0.4 is 19.8 Å². The van der Waals surface area contributed by atoms with Crippen molar-refractivity contribution in [1.29, 1.82) is 0 Å². The van der Waals surface area contributed by atoms with Crippen molar-refractivity contribution >= 4 is 44.1 Å². The number of hydrogen-bond donors (Lipinski definition) is 2. The van der Waals surface area contributed by atoms with Crippen molar-refractivity contribution in [3.63, 3.8) is 0 Å².